The van der Waals surface area contributed by atoms with Crippen molar-refractivity contribution < 1.29 is 9.59 Å². The first-order chi connectivity index (χ1) is 12.3. The summed E-state index contributed by atoms with van der Waals surface area (Å²) in [7, 11) is 0. The summed E-state index contributed by atoms with van der Waals surface area (Å²) in [6, 6.07) is 15.5. The molecule has 4 heteroatoms. The van der Waals surface area contributed by atoms with E-state index in [4.69, 9.17) is 0 Å². The molecule has 0 aromatic heterocycles. The fourth-order valence-electron chi connectivity index (χ4n) is 4.65. The van der Waals surface area contributed by atoms with Crippen LogP contribution in [0.4, 0.5) is 5.69 Å². The Hall–Kier alpha value is -2.62. The van der Waals surface area contributed by atoms with Crippen LogP contribution in [0.1, 0.15) is 64.5 Å². The van der Waals surface area contributed by atoms with E-state index in [9.17, 15) is 9.59 Å². The Morgan fingerprint density at radius 1 is 0.760 bits per heavy atom. The molecule has 0 N–H and O–H groups in total. The molecule has 1 saturated carbocycles. The predicted molar refractivity (Wildman–Crippen MR) is 95.5 cm³/mol. The lowest BCUT2D eigenvalue weighted by molar-refractivity contribution is 0.0481. The van der Waals surface area contributed by atoms with E-state index in [-0.39, 0.29) is 24.0 Å². The summed E-state index contributed by atoms with van der Waals surface area (Å²) in [5.41, 5.74) is 3.06. The van der Waals surface area contributed by atoms with Crippen molar-refractivity contribution in [3.05, 3.63) is 65.2 Å². The normalized spacial score (nSPS) is 22.6. The molecule has 2 aromatic carbocycles. The maximum atomic E-state index is 13.4. The molecule has 1 fully saturated rings. The van der Waals surface area contributed by atoms with E-state index in [2.05, 4.69) is 0 Å². The van der Waals surface area contributed by atoms with Gasteiger partial charge in [0.25, 0.3) is 11.8 Å². The molecule has 0 radical (unpaired) electrons. The van der Waals surface area contributed by atoms with E-state index < -0.39 is 0 Å². The summed E-state index contributed by atoms with van der Waals surface area (Å²) in [4.78, 5) is 30.3. The zero-order valence-corrected chi connectivity index (χ0v) is 14.0. The van der Waals surface area contributed by atoms with Crippen molar-refractivity contribution in [2.24, 2.45) is 0 Å². The SMILES string of the molecule is O=C1c2ccccc2C2N1c1ccccc1C(=O)N2C1CCCCC1. The minimum absolute atomic E-state index is 0.00126. The van der Waals surface area contributed by atoms with Gasteiger partial charge in [0, 0.05) is 17.2 Å². The second kappa shape index (κ2) is 5.45. The Morgan fingerprint density at radius 3 is 2.24 bits per heavy atom. The van der Waals surface area contributed by atoms with Gasteiger partial charge in [0.1, 0.15) is 6.17 Å². The number of benzene rings is 2. The highest BCUT2D eigenvalue weighted by Crippen LogP contribution is 2.47. The molecular weight excluding hydrogens is 312 g/mol. The molecule has 25 heavy (non-hydrogen) atoms. The van der Waals surface area contributed by atoms with E-state index in [1.54, 1.807) is 0 Å². The lowest BCUT2D eigenvalue weighted by Crippen LogP contribution is -2.52. The summed E-state index contributed by atoms with van der Waals surface area (Å²) in [6.45, 7) is 0. The quantitative estimate of drug-likeness (QED) is 0.788. The molecule has 5 rings (SSSR count). The fourth-order valence-corrected chi connectivity index (χ4v) is 4.65. The average Bonchev–Trinajstić information content (AvgIpc) is 2.96. The monoisotopic (exact) mass is 332 g/mol. The zero-order chi connectivity index (χ0) is 17.0. The lowest BCUT2D eigenvalue weighted by Gasteiger charge is -2.46. The topological polar surface area (TPSA) is 40.6 Å². The number of carbonyl (C=O) groups is 2. The number of hydrogen-bond acceptors (Lipinski definition) is 2. The number of hydrogen-bond donors (Lipinski definition) is 0. The third-order valence-electron chi connectivity index (χ3n) is 5.79. The first-order valence-electron chi connectivity index (χ1n) is 9.11. The Morgan fingerprint density at radius 2 is 1.44 bits per heavy atom. The summed E-state index contributed by atoms with van der Waals surface area (Å²) < 4.78 is 0. The van der Waals surface area contributed by atoms with Crippen LogP contribution in [0.5, 0.6) is 0 Å². The number of para-hydroxylation sites is 1. The number of anilines is 1. The molecule has 1 unspecified atom stereocenters. The van der Waals surface area contributed by atoms with Crippen molar-refractivity contribution in [3.63, 3.8) is 0 Å². The Bertz CT molecular complexity index is 870. The predicted octanol–water partition coefficient (Wildman–Crippen LogP) is 4.13. The first-order valence-corrected chi connectivity index (χ1v) is 9.11. The van der Waals surface area contributed by atoms with Gasteiger partial charge in [-0.3, -0.25) is 14.5 Å². The van der Waals surface area contributed by atoms with E-state index in [1.807, 2.05) is 58.3 Å². The van der Waals surface area contributed by atoms with Gasteiger partial charge in [0.15, 0.2) is 0 Å². The summed E-state index contributed by atoms with van der Waals surface area (Å²) in [5.74, 6) is 0.0645. The van der Waals surface area contributed by atoms with Crippen LogP contribution in [-0.2, 0) is 0 Å². The molecule has 2 amide bonds. The van der Waals surface area contributed by atoms with Gasteiger partial charge in [0.05, 0.1) is 11.3 Å². The van der Waals surface area contributed by atoms with Crippen LogP contribution in [0, 0.1) is 0 Å². The van der Waals surface area contributed by atoms with Crippen LogP contribution in [0.3, 0.4) is 0 Å². The third kappa shape index (κ3) is 2.00. The number of fused-ring (bicyclic) bond motifs is 5. The van der Waals surface area contributed by atoms with Crippen molar-refractivity contribution in [1.82, 2.24) is 4.90 Å². The van der Waals surface area contributed by atoms with Gasteiger partial charge in [0.2, 0.25) is 0 Å². The van der Waals surface area contributed by atoms with E-state index >= 15 is 0 Å². The van der Waals surface area contributed by atoms with Crippen molar-refractivity contribution in [2.45, 2.75) is 44.3 Å². The lowest BCUT2D eigenvalue weighted by atomic mass is 9.91. The summed E-state index contributed by atoms with van der Waals surface area (Å²) >= 11 is 0. The second-order valence-electron chi connectivity index (χ2n) is 7.16. The Labute approximate surface area is 147 Å². The van der Waals surface area contributed by atoms with Gasteiger partial charge in [-0.25, -0.2) is 0 Å². The number of amides is 2. The van der Waals surface area contributed by atoms with Crippen LogP contribution in [0.15, 0.2) is 48.5 Å². The molecule has 0 spiro atoms. The van der Waals surface area contributed by atoms with Crippen molar-refractivity contribution >= 4 is 17.5 Å². The van der Waals surface area contributed by atoms with Gasteiger partial charge in [-0.15, -0.1) is 0 Å². The van der Waals surface area contributed by atoms with Crippen LogP contribution in [0.25, 0.3) is 0 Å². The minimum atomic E-state index is -0.297. The van der Waals surface area contributed by atoms with Gasteiger partial charge in [-0.2, -0.15) is 0 Å². The smallest absolute Gasteiger partial charge is 0.260 e. The van der Waals surface area contributed by atoms with Gasteiger partial charge in [-0.05, 0) is 31.0 Å². The fraction of sp³-hybridized carbons (Fsp3) is 0.333. The van der Waals surface area contributed by atoms with Gasteiger partial charge >= 0.3 is 0 Å². The molecule has 1 aliphatic carbocycles. The van der Waals surface area contributed by atoms with Crippen LogP contribution in [-0.4, -0.2) is 22.8 Å². The Kier molecular flexibility index (Phi) is 3.20. The maximum absolute atomic E-state index is 13.4. The molecule has 2 aliphatic heterocycles. The second-order valence-corrected chi connectivity index (χ2v) is 7.16. The Balaban J connectivity index is 1.72. The summed E-state index contributed by atoms with van der Waals surface area (Å²) in [6.07, 6.45) is 5.29. The molecular formula is C21H20N2O2. The molecule has 4 nitrogen and oxygen atoms in total. The number of carbonyl (C=O) groups excluding carboxylic acids is 2. The summed E-state index contributed by atoms with van der Waals surface area (Å²) in [5, 5.41) is 0. The van der Waals surface area contributed by atoms with E-state index in [0.29, 0.717) is 5.56 Å². The van der Waals surface area contributed by atoms with Crippen LogP contribution >= 0.6 is 0 Å². The van der Waals surface area contributed by atoms with Crippen LogP contribution < -0.4 is 4.90 Å². The molecule has 126 valence electrons. The standard InChI is InChI=1S/C21H20N2O2/c24-20-16-11-5-4-10-15(16)19-22(14-8-2-1-3-9-14)21(25)17-12-6-7-13-18(17)23(19)20/h4-7,10-14,19H,1-3,8-9H2. The molecule has 2 aromatic rings. The highest BCUT2D eigenvalue weighted by atomic mass is 16.2. The average molecular weight is 332 g/mol. The van der Waals surface area contributed by atoms with E-state index in [1.165, 1.54) is 6.42 Å². The van der Waals surface area contributed by atoms with Crippen molar-refractivity contribution in [3.8, 4) is 0 Å². The molecule has 0 bridgehead atoms. The maximum Gasteiger partial charge on any atom is 0.260 e. The minimum Gasteiger partial charge on any atom is -0.310 e. The van der Waals surface area contributed by atoms with Crippen molar-refractivity contribution in [2.75, 3.05) is 4.90 Å². The van der Waals surface area contributed by atoms with Crippen molar-refractivity contribution in [1.29, 1.82) is 0 Å². The molecule has 1 atom stereocenters. The number of rotatable bonds is 1. The largest absolute Gasteiger partial charge is 0.310 e. The molecule has 3 aliphatic rings. The zero-order valence-electron chi connectivity index (χ0n) is 14.0. The highest BCUT2D eigenvalue weighted by Gasteiger charge is 2.49. The van der Waals surface area contributed by atoms with Gasteiger partial charge in [-0.1, -0.05) is 49.6 Å². The highest BCUT2D eigenvalue weighted by molar-refractivity contribution is 6.16. The van der Waals surface area contributed by atoms with Gasteiger partial charge < -0.3 is 4.90 Å². The van der Waals surface area contributed by atoms with Crippen LogP contribution in [0.2, 0.25) is 0 Å². The third-order valence-corrected chi connectivity index (χ3v) is 5.79. The number of nitrogens with zero attached hydrogens (tertiary/aromatic N) is 2. The molecule has 0 saturated heterocycles. The van der Waals surface area contributed by atoms with E-state index in [0.717, 1.165) is 42.5 Å². The first kappa shape index (κ1) is 14.7. The molecule has 2 heterocycles.